The van der Waals surface area contributed by atoms with Gasteiger partial charge in [0.05, 0.1) is 5.69 Å². The third kappa shape index (κ3) is 2.84. The summed E-state index contributed by atoms with van der Waals surface area (Å²) in [5, 5.41) is 7.18. The van der Waals surface area contributed by atoms with Crippen LogP contribution in [0.3, 0.4) is 0 Å². The van der Waals surface area contributed by atoms with Crippen molar-refractivity contribution in [2.24, 2.45) is 7.05 Å². The number of rotatable bonds is 3. The highest BCUT2D eigenvalue weighted by molar-refractivity contribution is 6.04. The first-order valence-electron chi connectivity index (χ1n) is 7.69. The van der Waals surface area contributed by atoms with Gasteiger partial charge in [0.25, 0.3) is 5.91 Å². The van der Waals surface area contributed by atoms with Gasteiger partial charge in [0.1, 0.15) is 5.82 Å². The van der Waals surface area contributed by atoms with E-state index in [9.17, 15) is 9.59 Å². The van der Waals surface area contributed by atoms with Crippen LogP contribution in [0.15, 0.2) is 24.3 Å². The van der Waals surface area contributed by atoms with Crippen molar-refractivity contribution in [3.63, 3.8) is 0 Å². The number of hydrogen-bond acceptors (Lipinski definition) is 3. The van der Waals surface area contributed by atoms with Crippen LogP contribution in [0.1, 0.15) is 34.5 Å². The van der Waals surface area contributed by atoms with Gasteiger partial charge < -0.3 is 10.2 Å². The Hall–Kier alpha value is -2.63. The molecule has 1 N–H and O–H groups in total. The highest BCUT2D eigenvalue weighted by Gasteiger charge is 2.22. The molecule has 0 atom stereocenters. The van der Waals surface area contributed by atoms with Gasteiger partial charge in [-0.15, -0.1) is 0 Å². The van der Waals surface area contributed by atoms with Gasteiger partial charge in [0.15, 0.2) is 0 Å². The molecular weight excluding hydrogens is 292 g/mol. The molecule has 1 fully saturated rings. The lowest BCUT2D eigenvalue weighted by Crippen LogP contribution is -2.23. The van der Waals surface area contributed by atoms with E-state index in [2.05, 4.69) is 10.4 Å². The lowest BCUT2D eigenvalue weighted by molar-refractivity contribution is -0.117. The number of carbonyl (C=O) groups is 2. The number of amides is 2. The van der Waals surface area contributed by atoms with E-state index in [1.165, 1.54) is 0 Å². The number of hydrogen-bond donors (Lipinski definition) is 1. The third-order valence-corrected chi connectivity index (χ3v) is 4.27. The summed E-state index contributed by atoms with van der Waals surface area (Å²) in [7, 11) is 1.80. The van der Waals surface area contributed by atoms with Gasteiger partial charge in [-0.2, -0.15) is 5.10 Å². The van der Waals surface area contributed by atoms with E-state index >= 15 is 0 Å². The van der Waals surface area contributed by atoms with E-state index in [4.69, 9.17) is 0 Å². The van der Waals surface area contributed by atoms with E-state index in [-0.39, 0.29) is 11.8 Å². The molecule has 0 saturated carbocycles. The van der Waals surface area contributed by atoms with Gasteiger partial charge in [-0.05, 0) is 44.5 Å². The number of benzene rings is 1. The summed E-state index contributed by atoms with van der Waals surface area (Å²) >= 11 is 0. The minimum Gasteiger partial charge on any atom is -0.312 e. The molecule has 1 aliphatic heterocycles. The minimum absolute atomic E-state index is 0.142. The lowest BCUT2D eigenvalue weighted by Gasteiger charge is -2.15. The maximum Gasteiger partial charge on any atom is 0.256 e. The Bertz CT molecular complexity index is 762. The average Bonchev–Trinajstić information content (AvgIpc) is 3.06. The molecule has 1 aromatic heterocycles. The van der Waals surface area contributed by atoms with Gasteiger partial charge in [0.2, 0.25) is 5.91 Å². The second kappa shape index (κ2) is 5.87. The minimum atomic E-state index is -0.185. The van der Waals surface area contributed by atoms with E-state index in [0.29, 0.717) is 17.8 Å². The molecule has 6 nitrogen and oxygen atoms in total. The quantitative estimate of drug-likeness (QED) is 0.946. The summed E-state index contributed by atoms with van der Waals surface area (Å²) in [6, 6.07) is 7.13. The summed E-state index contributed by atoms with van der Waals surface area (Å²) in [6.07, 6.45) is 1.49. The standard InChI is InChI=1S/C17H20N4O2/c1-11-12(2)19-20(3)16(11)18-17(23)13-6-8-14(9-7-13)21-10-4-5-15(21)22/h6-9H,4-5,10H2,1-3H3,(H,18,23). The molecule has 2 heterocycles. The van der Waals surface area contributed by atoms with Crippen molar-refractivity contribution >= 4 is 23.3 Å². The van der Waals surface area contributed by atoms with Crippen LogP contribution in [0.2, 0.25) is 0 Å². The van der Waals surface area contributed by atoms with Crippen LogP contribution < -0.4 is 10.2 Å². The van der Waals surface area contributed by atoms with Gasteiger partial charge in [-0.1, -0.05) is 0 Å². The fourth-order valence-corrected chi connectivity index (χ4v) is 2.83. The Morgan fingerprint density at radius 2 is 1.91 bits per heavy atom. The smallest absolute Gasteiger partial charge is 0.256 e. The van der Waals surface area contributed by atoms with Crippen LogP contribution >= 0.6 is 0 Å². The van der Waals surface area contributed by atoms with Gasteiger partial charge >= 0.3 is 0 Å². The molecule has 6 heteroatoms. The summed E-state index contributed by atoms with van der Waals surface area (Å²) in [6.45, 7) is 4.59. The van der Waals surface area contributed by atoms with Crippen LogP contribution in [0.4, 0.5) is 11.5 Å². The molecule has 2 amide bonds. The number of anilines is 2. The van der Waals surface area contributed by atoms with Crippen molar-refractivity contribution in [1.82, 2.24) is 9.78 Å². The first kappa shape index (κ1) is 15.3. The monoisotopic (exact) mass is 312 g/mol. The molecule has 1 saturated heterocycles. The Balaban J connectivity index is 1.76. The topological polar surface area (TPSA) is 67.2 Å². The first-order chi connectivity index (χ1) is 11.0. The number of nitrogens with one attached hydrogen (secondary N) is 1. The van der Waals surface area contributed by atoms with Crippen LogP contribution in [0.25, 0.3) is 0 Å². The second-order valence-electron chi connectivity index (χ2n) is 5.83. The predicted octanol–water partition coefficient (Wildman–Crippen LogP) is 2.42. The van der Waals surface area contributed by atoms with Crippen molar-refractivity contribution in [2.75, 3.05) is 16.8 Å². The van der Waals surface area contributed by atoms with E-state index in [1.54, 1.807) is 28.8 Å². The summed E-state index contributed by atoms with van der Waals surface area (Å²) in [5.74, 6) is 0.657. The molecule has 1 aromatic carbocycles. The number of nitrogens with zero attached hydrogens (tertiary/aromatic N) is 3. The largest absolute Gasteiger partial charge is 0.312 e. The summed E-state index contributed by atoms with van der Waals surface area (Å²) in [5.41, 5.74) is 3.25. The third-order valence-electron chi connectivity index (χ3n) is 4.27. The molecule has 120 valence electrons. The van der Waals surface area contributed by atoms with Crippen LogP contribution in [0, 0.1) is 13.8 Å². The first-order valence-corrected chi connectivity index (χ1v) is 7.69. The molecule has 0 bridgehead atoms. The second-order valence-corrected chi connectivity index (χ2v) is 5.83. The summed E-state index contributed by atoms with van der Waals surface area (Å²) < 4.78 is 1.67. The molecule has 0 unspecified atom stereocenters. The van der Waals surface area contributed by atoms with Crippen molar-refractivity contribution in [1.29, 1.82) is 0 Å². The zero-order valence-electron chi connectivity index (χ0n) is 13.6. The Morgan fingerprint density at radius 3 is 2.43 bits per heavy atom. The SMILES string of the molecule is Cc1nn(C)c(NC(=O)c2ccc(N3CCCC3=O)cc2)c1C. The normalized spacial score (nSPS) is 14.4. The fraction of sp³-hybridized carbons (Fsp3) is 0.353. The van der Waals surface area contributed by atoms with Crippen molar-refractivity contribution < 1.29 is 9.59 Å². The van der Waals surface area contributed by atoms with Crippen molar-refractivity contribution in [3.05, 3.63) is 41.1 Å². The number of aromatic nitrogens is 2. The lowest BCUT2D eigenvalue weighted by atomic mass is 10.1. The predicted molar refractivity (Wildman–Crippen MR) is 88.7 cm³/mol. The zero-order chi connectivity index (χ0) is 16.6. The van der Waals surface area contributed by atoms with E-state index < -0.39 is 0 Å². The van der Waals surface area contributed by atoms with Crippen molar-refractivity contribution in [2.45, 2.75) is 26.7 Å². The van der Waals surface area contributed by atoms with Crippen LogP contribution in [0.5, 0.6) is 0 Å². The molecule has 0 aliphatic carbocycles. The molecule has 23 heavy (non-hydrogen) atoms. The van der Waals surface area contributed by atoms with E-state index in [0.717, 1.165) is 29.9 Å². The van der Waals surface area contributed by atoms with Gasteiger partial charge in [0, 0.05) is 36.8 Å². The molecule has 3 rings (SSSR count). The van der Waals surface area contributed by atoms with Gasteiger partial charge in [-0.25, -0.2) is 0 Å². The van der Waals surface area contributed by atoms with Gasteiger partial charge in [-0.3, -0.25) is 14.3 Å². The molecule has 0 radical (unpaired) electrons. The molecular formula is C17H20N4O2. The Kier molecular flexibility index (Phi) is 3.90. The fourth-order valence-electron chi connectivity index (χ4n) is 2.83. The maximum atomic E-state index is 12.4. The van der Waals surface area contributed by atoms with Crippen LogP contribution in [-0.4, -0.2) is 28.1 Å². The highest BCUT2D eigenvalue weighted by Crippen LogP contribution is 2.22. The molecule has 1 aliphatic rings. The van der Waals surface area contributed by atoms with Crippen molar-refractivity contribution in [3.8, 4) is 0 Å². The number of carbonyl (C=O) groups excluding carboxylic acids is 2. The summed E-state index contributed by atoms with van der Waals surface area (Å²) in [4.78, 5) is 25.9. The van der Waals surface area contributed by atoms with E-state index in [1.807, 2.05) is 26.0 Å². The maximum absolute atomic E-state index is 12.4. The average molecular weight is 312 g/mol. The molecule has 0 spiro atoms. The Morgan fingerprint density at radius 1 is 1.22 bits per heavy atom. The zero-order valence-corrected chi connectivity index (χ0v) is 13.6. The Labute approximate surface area is 135 Å². The highest BCUT2D eigenvalue weighted by atomic mass is 16.2. The number of aryl methyl sites for hydroxylation is 2. The molecule has 2 aromatic rings. The van der Waals surface area contributed by atoms with Crippen LogP contribution in [-0.2, 0) is 11.8 Å².